The number of halogens is 2. The Labute approximate surface area is 124 Å². The predicted octanol–water partition coefficient (Wildman–Crippen LogP) is 4.32. The lowest BCUT2D eigenvalue weighted by molar-refractivity contribution is 0.472. The summed E-state index contributed by atoms with van der Waals surface area (Å²) in [6, 6.07) is 9.85. The summed E-state index contributed by atoms with van der Waals surface area (Å²) < 4.78 is 19.7. The van der Waals surface area contributed by atoms with Gasteiger partial charge in [-0.3, -0.25) is 0 Å². The lowest BCUT2D eigenvalue weighted by atomic mass is 10.1. The summed E-state index contributed by atoms with van der Waals surface area (Å²) in [4.78, 5) is 0.245. The molecular formula is C14H11BrFNOS. The van der Waals surface area contributed by atoms with Crippen LogP contribution in [0, 0.1) is 12.7 Å². The number of hydrogen-bond donors (Lipinski definition) is 1. The first-order valence-electron chi connectivity index (χ1n) is 5.51. The molecule has 0 unspecified atom stereocenters. The quantitative estimate of drug-likeness (QED) is 0.845. The van der Waals surface area contributed by atoms with Crippen LogP contribution in [0.1, 0.15) is 11.1 Å². The molecule has 2 rings (SSSR count). The average Bonchev–Trinajstić information content (AvgIpc) is 2.30. The molecule has 0 atom stereocenters. The fraction of sp³-hybridized carbons (Fsp3) is 0.0714. The van der Waals surface area contributed by atoms with E-state index in [0.29, 0.717) is 21.5 Å². The summed E-state index contributed by atoms with van der Waals surface area (Å²) in [5, 5.41) is 0. The summed E-state index contributed by atoms with van der Waals surface area (Å²) in [6.07, 6.45) is 0. The van der Waals surface area contributed by atoms with Crippen molar-refractivity contribution in [2.45, 2.75) is 6.92 Å². The van der Waals surface area contributed by atoms with Crippen LogP contribution in [0.2, 0.25) is 0 Å². The van der Waals surface area contributed by atoms with Gasteiger partial charge in [0.2, 0.25) is 0 Å². The Kier molecular flexibility index (Phi) is 4.17. The fourth-order valence-electron chi connectivity index (χ4n) is 1.69. The van der Waals surface area contributed by atoms with Crippen molar-refractivity contribution in [3.05, 3.63) is 57.8 Å². The van der Waals surface area contributed by atoms with Gasteiger partial charge in [0, 0.05) is 10.5 Å². The van der Waals surface area contributed by atoms with Crippen LogP contribution in [0.25, 0.3) is 0 Å². The van der Waals surface area contributed by atoms with Crippen molar-refractivity contribution in [1.29, 1.82) is 0 Å². The van der Waals surface area contributed by atoms with Gasteiger partial charge in [0.05, 0.1) is 5.56 Å². The van der Waals surface area contributed by atoms with E-state index in [9.17, 15) is 4.39 Å². The molecular weight excluding hydrogens is 329 g/mol. The van der Waals surface area contributed by atoms with Gasteiger partial charge in [0.1, 0.15) is 22.3 Å². The molecule has 2 nitrogen and oxygen atoms in total. The van der Waals surface area contributed by atoms with Gasteiger partial charge in [0.25, 0.3) is 0 Å². The van der Waals surface area contributed by atoms with Gasteiger partial charge in [-0.2, -0.15) is 0 Å². The van der Waals surface area contributed by atoms with Gasteiger partial charge in [-0.25, -0.2) is 4.39 Å². The largest absolute Gasteiger partial charge is 0.456 e. The first kappa shape index (κ1) is 14.0. The summed E-state index contributed by atoms with van der Waals surface area (Å²) in [6.45, 7) is 1.88. The molecule has 98 valence electrons. The third-order valence-corrected chi connectivity index (χ3v) is 3.21. The number of hydrogen-bond acceptors (Lipinski definition) is 2. The topological polar surface area (TPSA) is 35.2 Å². The van der Waals surface area contributed by atoms with E-state index in [-0.39, 0.29) is 10.8 Å². The maximum atomic E-state index is 13.3. The van der Waals surface area contributed by atoms with Crippen molar-refractivity contribution in [1.82, 2.24) is 0 Å². The highest BCUT2D eigenvalue weighted by Crippen LogP contribution is 2.31. The molecule has 0 radical (unpaired) electrons. The Morgan fingerprint density at radius 2 is 2.05 bits per heavy atom. The number of ether oxygens (including phenoxy) is 1. The van der Waals surface area contributed by atoms with Crippen molar-refractivity contribution in [2.24, 2.45) is 5.73 Å². The molecule has 2 aromatic carbocycles. The molecule has 0 aromatic heterocycles. The molecule has 0 heterocycles. The highest BCUT2D eigenvalue weighted by Gasteiger charge is 2.11. The van der Waals surface area contributed by atoms with Gasteiger partial charge in [-0.1, -0.05) is 40.3 Å². The zero-order valence-electron chi connectivity index (χ0n) is 10.1. The molecule has 0 fully saturated rings. The molecule has 0 amide bonds. The van der Waals surface area contributed by atoms with Crippen LogP contribution in [0.15, 0.2) is 40.9 Å². The van der Waals surface area contributed by atoms with E-state index in [1.54, 1.807) is 12.1 Å². The van der Waals surface area contributed by atoms with E-state index < -0.39 is 0 Å². The van der Waals surface area contributed by atoms with Crippen LogP contribution in [-0.4, -0.2) is 4.99 Å². The minimum atomic E-state index is -0.380. The second-order valence-corrected chi connectivity index (χ2v) is 5.38. The Balaban J connectivity index is 2.45. The normalized spacial score (nSPS) is 10.3. The molecule has 0 spiro atoms. The minimum absolute atomic E-state index is 0.245. The maximum Gasteiger partial charge on any atom is 0.140 e. The van der Waals surface area contributed by atoms with Gasteiger partial charge in [0.15, 0.2) is 0 Å². The average molecular weight is 340 g/mol. The monoisotopic (exact) mass is 339 g/mol. The van der Waals surface area contributed by atoms with Crippen LogP contribution in [-0.2, 0) is 0 Å². The molecule has 0 aliphatic rings. The number of rotatable bonds is 3. The van der Waals surface area contributed by atoms with Gasteiger partial charge in [-0.05, 0) is 30.7 Å². The molecule has 0 aliphatic carbocycles. The lowest BCUT2D eigenvalue weighted by Crippen LogP contribution is -2.11. The summed E-state index contributed by atoms with van der Waals surface area (Å²) >= 11 is 8.21. The van der Waals surface area contributed by atoms with Crippen LogP contribution in [0.3, 0.4) is 0 Å². The summed E-state index contributed by atoms with van der Waals surface area (Å²) in [5.41, 5.74) is 7.18. The van der Waals surface area contributed by atoms with Crippen molar-refractivity contribution >= 4 is 33.1 Å². The van der Waals surface area contributed by atoms with E-state index in [4.69, 9.17) is 22.7 Å². The molecule has 0 saturated heterocycles. The summed E-state index contributed by atoms with van der Waals surface area (Å²) in [5.74, 6) is 0.556. The first-order valence-corrected chi connectivity index (χ1v) is 6.71. The minimum Gasteiger partial charge on any atom is -0.456 e. The number of thiocarbonyl (C=S) groups is 1. The van der Waals surface area contributed by atoms with Crippen LogP contribution >= 0.6 is 28.1 Å². The molecule has 0 aliphatic heterocycles. The third kappa shape index (κ3) is 3.30. The highest BCUT2D eigenvalue weighted by atomic mass is 79.9. The Hall–Kier alpha value is -1.46. The van der Waals surface area contributed by atoms with Crippen molar-refractivity contribution in [3.8, 4) is 11.5 Å². The van der Waals surface area contributed by atoms with E-state index in [2.05, 4.69) is 15.9 Å². The maximum absolute atomic E-state index is 13.3. The Morgan fingerprint density at radius 1 is 1.32 bits per heavy atom. The van der Waals surface area contributed by atoms with E-state index in [1.165, 1.54) is 12.1 Å². The number of benzene rings is 2. The van der Waals surface area contributed by atoms with Crippen molar-refractivity contribution in [3.63, 3.8) is 0 Å². The number of para-hydroxylation sites is 1. The second kappa shape index (κ2) is 5.67. The summed E-state index contributed by atoms with van der Waals surface area (Å²) in [7, 11) is 0. The molecule has 0 bridgehead atoms. The van der Waals surface area contributed by atoms with E-state index >= 15 is 0 Å². The lowest BCUT2D eigenvalue weighted by Gasteiger charge is -2.13. The first-order chi connectivity index (χ1) is 8.97. The molecule has 2 N–H and O–H groups in total. The standard InChI is InChI=1S/C14H11BrFNOS/c1-8-3-2-4-12(14(17)19)13(8)18-11-6-9(15)5-10(16)7-11/h2-7H,1H3,(H2,17,19). The van der Waals surface area contributed by atoms with Crippen molar-refractivity contribution in [2.75, 3.05) is 0 Å². The molecule has 5 heteroatoms. The number of aryl methyl sites for hydroxylation is 1. The van der Waals surface area contributed by atoms with Gasteiger partial charge >= 0.3 is 0 Å². The third-order valence-electron chi connectivity index (χ3n) is 2.53. The van der Waals surface area contributed by atoms with E-state index in [1.807, 2.05) is 19.1 Å². The van der Waals surface area contributed by atoms with Crippen LogP contribution < -0.4 is 10.5 Å². The van der Waals surface area contributed by atoms with Crippen LogP contribution in [0.4, 0.5) is 4.39 Å². The SMILES string of the molecule is Cc1cccc(C(N)=S)c1Oc1cc(F)cc(Br)c1. The molecule has 19 heavy (non-hydrogen) atoms. The fourth-order valence-corrected chi connectivity index (χ4v) is 2.29. The smallest absolute Gasteiger partial charge is 0.140 e. The second-order valence-electron chi connectivity index (χ2n) is 4.02. The Bertz CT molecular complexity index is 625. The number of nitrogens with two attached hydrogens (primary N) is 1. The predicted molar refractivity (Wildman–Crippen MR) is 81.2 cm³/mol. The zero-order valence-corrected chi connectivity index (χ0v) is 12.5. The van der Waals surface area contributed by atoms with E-state index in [0.717, 1.165) is 5.56 Å². The van der Waals surface area contributed by atoms with Crippen molar-refractivity contribution < 1.29 is 9.13 Å². The highest BCUT2D eigenvalue weighted by molar-refractivity contribution is 9.10. The zero-order chi connectivity index (χ0) is 14.0. The van der Waals surface area contributed by atoms with Gasteiger partial charge < -0.3 is 10.5 Å². The van der Waals surface area contributed by atoms with Crippen LogP contribution in [0.5, 0.6) is 11.5 Å². The molecule has 0 saturated carbocycles. The molecule has 2 aromatic rings. The Morgan fingerprint density at radius 3 is 2.68 bits per heavy atom. The van der Waals surface area contributed by atoms with Gasteiger partial charge in [-0.15, -0.1) is 0 Å².